The molecule has 1 atom stereocenters. The minimum absolute atomic E-state index is 0.0708. The lowest BCUT2D eigenvalue weighted by Crippen LogP contribution is -2.18. The van der Waals surface area contributed by atoms with Gasteiger partial charge in [-0.1, -0.05) is 57.5 Å². The van der Waals surface area contributed by atoms with Crippen LogP contribution in [0.3, 0.4) is 0 Å². The van der Waals surface area contributed by atoms with Crippen LogP contribution in [0.2, 0.25) is 5.02 Å². The Morgan fingerprint density at radius 2 is 1.85 bits per heavy atom. The number of hydrogen-bond acceptors (Lipinski definition) is 4. The third kappa shape index (κ3) is 2.89. The number of fused-ring (bicyclic) bond motifs is 2. The number of aryl methyl sites for hydroxylation is 1. The maximum Gasteiger partial charge on any atom is 0.254 e. The summed E-state index contributed by atoms with van der Waals surface area (Å²) in [7, 11) is 0. The third-order valence-electron chi connectivity index (χ3n) is 5.77. The van der Waals surface area contributed by atoms with Gasteiger partial charge in [-0.15, -0.1) is 0 Å². The fourth-order valence-corrected chi connectivity index (χ4v) is 4.80. The maximum absolute atomic E-state index is 6.52. The van der Waals surface area contributed by atoms with Crippen LogP contribution in [0, 0.1) is 6.92 Å². The van der Waals surface area contributed by atoms with E-state index in [9.17, 15) is 0 Å². The second-order valence-corrected chi connectivity index (χ2v) is 9.33. The number of anilines is 1. The van der Waals surface area contributed by atoms with Crippen LogP contribution in [0.25, 0.3) is 5.78 Å². The van der Waals surface area contributed by atoms with Crippen molar-refractivity contribution in [1.29, 1.82) is 0 Å². The minimum Gasteiger partial charge on any atom is -0.362 e. The zero-order valence-electron chi connectivity index (χ0n) is 16.8. The highest BCUT2D eigenvalue weighted by atomic mass is 35.5. The van der Waals surface area contributed by atoms with Crippen LogP contribution >= 0.6 is 11.6 Å². The first-order valence-corrected chi connectivity index (χ1v) is 9.75. The summed E-state index contributed by atoms with van der Waals surface area (Å²) in [5, 5.41) is 8.36. The topological polar surface area (TPSA) is 55.1 Å². The molecule has 6 heteroatoms. The first-order chi connectivity index (χ1) is 12.6. The Morgan fingerprint density at radius 1 is 1.15 bits per heavy atom. The molecular weight excluding hydrogens is 358 g/mol. The Bertz CT molecular complexity index is 1030. The van der Waals surface area contributed by atoms with Crippen molar-refractivity contribution in [2.75, 3.05) is 5.32 Å². The number of benzene rings is 1. The number of nitrogens with one attached hydrogen (secondary N) is 1. The SMILES string of the molecule is Cc1nc2ncnn2c(NC(C)c2ccc3c(c2)C(C)(C)CC3(C)C)c1Cl. The highest BCUT2D eigenvalue weighted by molar-refractivity contribution is 6.33. The summed E-state index contributed by atoms with van der Waals surface area (Å²) >= 11 is 6.52. The molecule has 1 aromatic carbocycles. The van der Waals surface area contributed by atoms with E-state index in [1.165, 1.54) is 23.0 Å². The molecule has 142 valence electrons. The van der Waals surface area contributed by atoms with Gasteiger partial charge in [-0.2, -0.15) is 14.6 Å². The zero-order valence-corrected chi connectivity index (χ0v) is 17.5. The Kier molecular flexibility index (Phi) is 4.00. The van der Waals surface area contributed by atoms with Gasteiger partial charge in [0, 0.05) is 0 Å². The summed E-state index contributed by atoms with van der Waals surface area (Å²) in [6, 6.07) is 6.94. The molecule has 0 aliphatic heterocycles. The molecule has 5 nitrogen and oxygen atoms in total. The van der Waals surface area contributed by atoms with Gasteiger partial charge in [0.1, 0.15) is 11.3 Å². The standard InChI is InChI=1S/C21H26ClN5/c1-12(25-18-17(22)13(2)26-19-23-11-24-27(18)19)14-7-8-15-16(9-14)21(5,6)10-20(15,3)4/h7-9,11-12,25H,10H2,1-6H3. The van der Waals surface area contributed by atoms with E-state index in [1.807, 2.05) is 6.92 Å². The number of hydrogen-bond donors (Lipinski definition) is 1. The molecule has 0 saturated carbocycles. The Balaban J connectivity index is 1.73. The lowest BCUT2D eigenvalue weighted by molar-refractivity contribution is 0.403. The van der Waals surface area contributed by atoms with Gasteiger partial charge < -0.3 is 5.32 Å². The van der Waals surface area contributed by atoms with Crippen molar-refractivity contribution in [3.05, 3.63) is 51.9 Å². The van der Waals surface area contributed by atoms with E-state index < -0.39 is 0 Å². The average molecular weight is 384 g/mol. The first kappa shape index (κ1) is 18.2. The van der Waals surface area contributed by atoms with Crippen LogP contribution in [-0.4, -0.2) is 19.6 Å². The van der Waals surface area contributed by atoms with Crippen molar-refractivity contribution in [2.45, 2.75) is 64.8 Å². The fraction of sp³-hybridized carbons (Fsp3) is 0.476. The molecule has 0 saturated heterocycles. The molecule has 1 unspecified atom stereocenters. The summed E-state index contributed by atoms with van der Waals surface area (Å²) in [6.45, 7) is 13.4. The van der Waals surface area contributed by atoms with E-state index >= 15 is 0 Å². The molecule has 0 radical (unpaired) electrons. The fourth-order valence-electron chi connectivity index (χ4n) is 4.62. The van der Waals surface area contributed by atoms with E-state index in [-0.39, 0.29) is 16.9 Å². The molecule has 1 aliphatic rings. The molecule has 1 aliphatic carbocycles. The second kappa shape index (κ2) is 5.93. The van der Waals surface area contributed by atoms with E-state index in [0.717, 1.165) is 17.9 Å². The Morgan fingerprint density at radius 3 is 2.59 bits per heavy atom. The molecular formula is C21H26ClN5. The molecule has 2 aromatic heterocycles. The van der Waals surface area contributed by atoms with Crippen LogP contribution in [0.4, 0.5) is 5.82 Å². The largest absolute Gasteiger partial charge is 0.362 e. The molecule has 1 N–H and O–H groups in total. The van der Waals surface area contributed by atoms with E-state index in [1.54, 1.807) is 4.52 Å². The molecule has 27 heavy (non-hydrogen) atoms. The van der Waals surface area contributed by atoms with Crippen LogP contribution in [-0.2, 0) is 10.8 Å². The predicted molar refractivity (Wildman–Crippen MR) is 110 cm³/mol. The molecule has 2 heterocycles. The van der Waals surface area contributed by atoms with Crippen LogP contribution in [0.5, 0.6) is 0 Å². The van der Waals surface area contributed by atoms with Crippen LogP contribution < -0.4 is 5.32 Å². The Labute approximate surface area is 165 Å². The van der Waals surface area contributed by atoms with Crippen LogP contribution in [0.1, 0.15) is 69.5 Å². The van der Waals surface area contributed by atoms with Gasteiger partial charge in [-0.3, -0.25) is 0 Å². The van der Waals surface area contributed by atoms with Crippen LogP contribution in [0.15, 0.2) is 24.5 Å². The molecule has 0 spiro atoms. The average Bonchev–Trinajstić information content (AvgIpc) is 3.11. The van der Waals surface area contributed by atoms with Crippen molar-refractivity contribution in [1.82, 2.24) is 19.6 Å². The van der Waals surface area contributed by atoms with E-state index in [2.05, 4.69) is 73.2 Å². The molecule has 0 bridgehead atoms. The van der Waals surface area contributed by atoms with Gasteiger partial charge in [0.2, 0.25) is 0 Å². The molecule has 0 amide bonds. The van der Waals surface area contributed by atoms with Crippen molar-refractivity contribution >= 4 is 23.2 Å². The van der Waals surface area contributed by atoms with Crippen molar-refractivity contribution < 1.29 is 0 Å². The van der Waals surface area contributed by atoms with Gasteiger partial charge in [-0.05, 0) is 47.8 Å². The second-order valence-electron chi connectivity index (χ2n) is 8.95. The summed E-state index contributed by atoms with van der Waals surface area (Å²) in [5.74, 6) is 1.27. The van der Waals surface area contributed by atoms with Gasteiger partial charge in [-0.25, -0.2) is 4.98 Å². The monoisotopic (exact) mass is 383 g/mol. The zero-order chi connectivity index (χ0) is 19.6. The normalized spacial score (nSPS) is 18.5. The quantitative estimate of drug-likeness (QED) is 0.673. The van der Waals surface area contributed by atoms with Gasteiger partial charge in [0.05, 0.1) is 11.7 Å². The highest BCUT2D eigenvalue weighted by Crippen LogP contribution is 2.49. The first-order valence-electron chi connectivity index (χ1n) is 9.37. The predicted octanol–water partition coefficient (Wildman–Crippen LogP) is 5.22. The summed E-state index contributed by atoms with van der Waals surface area (Å²) in [5.41, 5.74) is 5.27. The Hall–Kier alpha value is -2.14. The van der Waals surface area contributed by atoms with E-state index in [4.69, 9.17) is 11.6 Å². The van der Waals surface area contributed by atoms with E-state index in [0.29, 0.717) is 10.8 Å². The lowest BCUT2D eigenvalue weighted by Gasteiger charge is -2.23. The molecule has 0 fully saturated rings. The van der Waals surface area contributed by atoms with Gasteiger partial charge >= 0.3 is 0 Å². The molecule has 3 aromatic rings. The summed E-state index contributed by atoms with van der Waals surface area (Å²) in [4.78, 5) is 8.56. The van der Waals surface area contributed by atoms with Gasteiger partial charge in [0.15, 0.2) is 5.82 Å². The van der Waals surface area contributed by atoms with Crippen molar-refractivity contribution in [3.63, 3.8) is 0 Å². The lowest BCUT2D eigenvalue weighted by atomic mass is 9.82. The third-order valence-corrected chi connectivity index (χ3v) is 6.23. The summed E-state index contributed by atoms with van der Waals surface area (Å²) in [6.07, 6.45) is 2.66. The number of aromatic nitrogens is 4. The molecule has 4 rings (SSSR count). The maximum atomic E-state index is 6.52. The van der Waals surface area contributed by atoms with Gasteiger partial charge in [0.25, 0.3) is 5.78 Å². The van der Waals surface area contributed by atoms with Crippen molar-refractivity contribution in [3.8, 4) is 0 Å². The highest BCUT2D eigenvalue weighted by Gasteiger charge is 2.41. The number of halogens is 1. The number of nitrogens with zero attached hydrogens (tertiary/aromatic N) is 4. The number of rotatable bonds is 3. The summed E-state index contributed by atoms with van der Waals surface area (Å²) < 4.78 is 1.66. The van der Waals surface area contributed by atoms with Crippen molar-refractivity contribution in [2.24, 2.45) is 0 Å². The minimum atomic E-state index is 0.0708. The smallest absolute Gasteiger partial charge is 0.254 e.